The molecule has 0 saturated carbocycles. The Labute approximate surface area is 246 Å². The molecule has 0 aliphatic carbocycles. The number of fused-ring (bicyclic) bond motifs is 2. The molecule has 10 heteroatoms. The number of piperazine rings is 1. The second kappa shape index (κ2) is 12.4. The molecular weight excluding hydrogens is 538 g/mol. The minimum Gasteiger partial charge on any atom is -0.454 e. The van der Waals surface area contributed by atoms with Crippen molar-refractivity contribution in [3.8, 4) is 11.5 Å². The number of pyridine rings is 1. The first-order chi connectivity index (χ1) is 20.1. The molecule has 0 amide bonds. The lowest BCUT2D eigenvalue weighted by Gasteiger charge is -2.34. The average molecular weight is 574 g/mol. The second-order valence-electron chi connectivity index (χ2n) is 10.5. The quantitative estimate of drug-likeness (QED) is 0.252. The molecule has 2 aromatic carbocycles. The zero-order valence-corrected chi connectivity index (χ0v) is 24.4. The zero-order chi connectivity index (χ0) is 28.2. The van der Waals surface area contributed by atoms with Crippen LogP contribution in [0.5, 0.6) is 11.5 Å². The van der Waals surface area contributed by atoms with Crippen molar-refractivity contribution in [2.24, 2.45) is 0 Å². The molecule has 1 saturated heterocycles. The number of likely N-dealkylation sites (N-methyl/N-ethyl adjacent to an activating group) is 1. The summed E-state index contributed by atoms with van der Waals surface area (Å²) in [5.41, 5.74) is 4.06. The Balaban J connectivity index is 1.20. The van der Waals surface area contributed by atoms with Crippen LogP contribution in [0.3, 0.4) is 0 Å². The van der Waals surface area contributed by atoms with E-state index in [0.29, 0.717) is 11.6 Å². The maximum Gasteiger partial charge on any atom is 0.231 e. The van der Waals surface area contributed by atoms with E-state index in [1.165, 1.54) is 0 Å². The van der Waals surface area contributed by atoms with Crippen LogP contribution < -0.4 is 24.6 Å². The van der Waals surface area contributed by atoms with Crippen LogP contribution in [0.25, 0.3) is 10.9 Å². The predicted octanol–water partition coefficient (Wildman–Crippen LogP) is 5.37. The number of nitrogens with zero attached hydrogens (tertiary/aromatic N) is 6. The number of hydrogen-bond acceptors (Lipinski definition) is 9. The maximum absolute atomic E-state index is 6.18. The molecule has 214 valence electrons. The first-order valence-corrected chi connectivity index (χ1v) is 14.7. The Morgan fingerprint density at radius 3 is 2.68 bits per heavy atom. The molecular formula is C31H36ClN7O2. The molecule has 4 aromatic rings. The van der Waals surface area contributed by atoms with Gasteiger partial charge in [-0.2, -0.15) is 4.98 Å². The number of rotatable bonds is 10. The van der Waals surface area contributed by atoms with Crippen LogP contribution in [0.15, 0.2) is 54.7 Å². The number of benzene rings is 2. The first-order valence-electron chi connectivity index (χ1n) is 14.3. The predicted molar refractivity (Wildman–Crippen MR) is 165 cm³/mol. The van der Waals surface area contributed by atoms with E-state index in [9.17, 15) is 0 Å². The van der Waals surface area contributed by atoms with Gasteiger partial charge in [0.25, 0.3) is 0 Å². The van der Waals surface area contributed by atoms with Gasteiger partial charge in [0.15, 0.2) is 11.5 Å². The molecule has 2 aliphatic rings. The number of hydrogen-bond donors (Lipinski definition) is 1. The van der Waals surface area contributed by atoms with Crippen molar-refractivity contribution in [2.75, 3.05) is 67.7 Å². The molecule has 41 heavy (non-hydrogen) atoms. The summed E-state index contributed by atoms with van der Waals surface area (Å²) < 4.78 is 11.2. The molecule has 9 nitrogen and oxygen atoms in total. The van der Waals surface area contributed by atoms with Crippen LogP contribution in [0.2, 0.25) is 5.02 Å². The Hall–Kier alpha value is -3.82. The minimum atomic E-state index is 0.268. The number of aryl methyl sites for hydroxylation is 1. The van der Waals surface area contributed by atoms with Gasteiger partial charge in [-0.15, -0.1) is 0 Å². The summed E-state index contributed by atoms with van der Waals surface area (Å²) in [7, 11) is 0. The zero-order valence-electron chi connectivity index (χ0n) is 23.6. The van der Waals surface area contributed by atoms with Gasteiger partial charge in [0.05, 0.1) is 5.52 Å². The topological polar surface area (TPSA) is 78.9 Å². The summed E-state index contributed by atoms with van der Waals surface area (Å²) in [6.07, 6.45) is 2.73. The average Bonchev–Trinajstić information content (AvgIpc) is 3.46. The molecule has 4 heterocycles. The van der Waals surface area contributed by atoms with Gasteiger partial charge in [-0.3, -0.25) is 4.98 Å². The van der Waals surface area contributed by atoms with E-state index in [1.54, 1.807) is 0 Å². The van der Waals surface area contributed by atoms with Gasteiger partial charge in [-0.05, 0) is 61.9 Å². The molecule has 6 rings (SSSR count). The van der Waals surface area contributed by atoms with E-state index in [4.69, 9.17) is 31.0 Å². The summed E-state index contributed by atoms with van der Waals surface area (Å²) in [6.45, 7) is 11.9. The first kappa shape index (κ1) is 27.4. The van der Waals surface area contributed by atoms with Crippen molar-refractivity contribution in [3.63, 3.8) is 0 Å². The third-order valence-electron chi connectivity index (χ3n) is 7.69. The molecule has 2 aliphatic heterocycles. The standard InChI is InChI=1S/C31H36ClN7O2/c1-3-37-13-15-38(16-14-37)31-35-22(2)17-30(36-31)39(20-23-5-8-28-29(18-23)41-21-40-28)12-4-10-33-26-9-11-34-27-19-24(32)6-7-25(26)27/h5-9,11,17-19H,3-4,10,12-16,20-21H2,1-2H3,(H,33,34). The fourth-order valence-corrected chi connectivity index (χ4v) is 5.57. The number of halogens is 1. The monoisotopic (exact) mass is 573 g/mol. The molecule has 0 bridgehead atoms. The Morgan fingerprint density at radius 1 is 0.976 bits per heavy atom. The van der Waals surface area contributed by atoms with E-state index in [2.05, 4.69) is 57.0 Å². The van der Waals surface area contributed by atoms with E-state index >= 15 is 0 Å². The Kier molecular flexibility index (Phi) is 8.25. The minimum absolute atomic E-state index is 0.268. The van der Waals surface area contributed by atoms with Crippen molar-refractivity contribution in [1.82, 2.24) is 19.9 Å². The summed E-state index contributed by atoms with van der Waals surface area (Å²) in [5, 5.41) is 5.36. The van der Waals surface area contributed by atoms with E-state index in [0.717, 1.165) is 103 Å². The van der Waals surface area contributed by atoms with Gasteiger partial charge >= 0.3 is 0 Å². The number of nitrogens with one attached hydrogen (secondary N) is 1. The highest BCUT2D eigenvalue weighted by Crippen LogP contribution is 2.33. The summed E-state index contributed by atoms with van der Waals surface area (Å²) in [4.78, 5) is 21.5. The van der Waals surface area contributed by atoms with E-state index < -0.39 is 0 Å². The van der Waals surface area contributed by atoms with Gasteiger partial charge in [-0.25, -0.2) is 4.98 Å². The van der Waals surface area contributed by atoms with Crippen molar-refractivity contribution in [3.05, 3.63) is 71.0 Å². The van der Waals surface area contributed by atoms with Crippen LogP contribution in [-0.4, -0.2) is 72.5 Å². The molecule has 0 atom stereocenters. The van der Waals surface area contributed by atoms with Gasteiger partial charge in [0.1, 0.15) is 5.82 Å². The summed E-state index contributed by atoms with van der Waals surface area (Å²) in [6, 6.07) is 16.1. The Bertz CT molecular complexity index is 1510. The molecule has 0 radical (unpaired) electrons. The van der Waals surface area contributed by atoms with Crippen LogP contribution in [0, 0.1) is 6.92 Å². The highest BCUT2D eigenvalue weighted by Gasteiger charge is 2.21. The molecule has 1 N–H and O–H groups in total. The van der Waals surface area contributed by atoms with Crippen LogP contribution in [0.4, 0.5) is 17.5 Å². The fraction of sp³-hybridized carbons (Fsp3) is 0.387. The lowest BCUT2D eigenvalue weighted by atomic mass is 10.1. The van der Waals surface area contributed by atoms with Crippen LogP contribution in [-0.2, 0) is 6.54 Å². The van der Waals surface area contributed by atoms with E-state index in [-0.39, 0.29) is 6.79 Å². The third-order valence-corrected chi connectivity index (χ3v) is 7.93. The SMILES string of the molecule is CCN1CCN(c2nc(C)cc(N(CCCNc3ccnc4cc(Cl)ccc34)Cc3ccc4c(c3)OCO4)n2)CC1. The van der Waals surface area contributed by atoms with Crippen molar-refractivity contribution in [2.45, 2.75) is 26.8 Å². The molecule has 0 spiro atoms. The van der Waals surface area contributed by atoms with E-state index in [1.807, 2.05) is 36.5 Å². The highest BCUT2D eigenvalue weighted by atomic mass is 35.5. The number of aromatic nitrogens is 3. The smallest absolute Gasteiger partial charge is 0.231 e. The van der Waals surface area contributed by atoms with Crippen molar-refractivity contribution >= 4 is 40.0 Å². The largest absolute Gasteiger partial charge is 0.454 e. The highest BCUT2D eigenvalue weighted by molar-refractivity contribution is 6.31. The Morgan fingerprint density at radius 2 is 1.83 bits per heavy atom. The normalized spacial score (nSPS) is 15.0. The third kappa shape index (κ3) is 6.41. The molecule has 2 aromatic heterocycles. The van der Waals surface area contributed by atoms with Gasteiger partial charge in [-0.1, -0.05) is 24.6 Å². The van der Waals surface area contributed by atoms with Crippen molar-refractivity contribution in [1.29, 1.82) is 0 Å². The summed E-state index contributed by atoms with van der Waals surface area (Å²) in [5.74, 6) is 3.34. The van der Waals surface area contributed by atoms with Crippen LogP contribution in [0.1, 0.15) is 24.6 Å². The lowest BCUT2D eigenvalue weighted by Crippen LogP contribution is -2.47. The molecule has 0 unspecified atom stereocenters. The number of anilines is 3. The lowest BCUT2D eigenvalue weighted by molar-refractivity contribution is 0.174. The summed E-state index contributed by atoms with van der Waals surface area (Å²) >= 11 is 6.18. The van der Waals surface area contributed by atoms with Gasteiger partial charge in [0.2, 0.25) is 12.7 Å². The van der Waals surface area contributed by atoms with Gasteiger partial charge in [0, 0.05) is 79.9 Å². The number of ether oxygens (including phenoxy) is 2. The fourth-order valence-electron chi connectivity index (χ4n) is 5.41. The molecule has 1 fully saturated rings. The van der Waals surface area contributed by atoms with Crippen molar-refractivity contribution < 1.29 is 9.47 Å². The maximum atomic E-state index is 6.18. The van der Waals surface area contributed by atoms with Crippen LogP contribution >= 0.6 is 11.6 Å². The van der Waals surface area contributed by atoms with Gasteiger partial charge < -0.3 is 29.5 Å². The second-order valence-corrected chi connectivity index (χ2v) is 10.9.